The summed E-state index contributed by atoms with van der Waals surface area (Å²) in [6.07, 6.45) is 1.73. The molecule has 0 atom stereocenters. The molecule has 6 nitrogen and oxygen atoms in total. The molecule has 0 aliphatic carbocycles. The highest BCUT2D eigenvalue weighted by Gasteiger charge is 2.11. The van der Waals surface area contributed by atoms with Crippen molar-refractivity contribution in [1.29, 1.82) is 0 Å². The van der Waals surface area contributed by atoms with Gasteiger partial charge in [-0.25, -0.2) is 4.99 Å². The number of aliphatic imine (C=N–C) groups is 1. The van der Waals surface area contributed by atoms with Gasteiger partial charge < -0.3 is 20.1 Å². The van der Waals surface area contributed by atoms with Crippen LogP contribution in [0.5, 0.6) is 11.5 Å². The van der Waals surface area contributed by atoms with Gasteiger partial charge in [0.15, 0.2) is 5.96 Å². The molecule has 2 rings (SSSR count). The van der Waals surface area contributed by atoms with E-state index < -0.39 is 6.61 Å². The number of benzene rings is 1. The number of pyridine rings is 1. The highest BCUT2D eigenvalue weighted by Crippen LogP contribution is 2.26. The van der Waals surface area contributed by atoms with Gasteiger partial charge in [0.05, 0.1) is 25.9 Å². The van der Waals surface area contributed by atoms with E-state index in [-0.39, 0.29) is 36.3 Å². The second kappa shape index (κ2) is 12.3. The Balaban J connectivity index is 0.00000392. The summed E-state index contributed by atoms with van der Waals surface area (Å²) in [4.78, 5) is 8.79. The zero-order chi connectivity index (χ0) is 19.6. The average molecular weight is 506 g/mol. The molecule has 9 heteroatoms. The second-order valence-electron chi connectivity index (χ2n) is 5.67. The zero-order valence-electron chi connectivity index (χ0n) is 16.0. The molecule has 0 saturated carbocycles. The van der Waals surface area contributed by atoms with Crippen LogP contribution in [-0.4, -0.2) is 31.2 Å². The first-order chi connectivity index (χ1) is 13.0. The summed E-state index contributed by atoms with van der Waals surface area (Å²) >= 11 is 0. The lowest BCUT2D eigenvalue weighted by Gasteiger charge is -2.14. The second-order valence-corrected chi connectivity index (χ2v) is 5.67. The van der Waals surface area contributed by atoms with Crippen molar-refractivity contribution in [2.75, 3.05) is 13.7 Å². The third kappa shape index (κ3) is 7.45. The molecule has 1 heterocycles. The predicted molar refractivity (Wildman–Crippen MR) is 116 cm³/mol. The zero-order valence-corrected chi connectivity index (χ0v) is 18.4. The third-order valence-corrected chi connectivity index (χ3v) is 3.78. The molecule has 28 heavy (non-hydrogen) atoms. The normalized spacial score (nSPS) is 11.0. The van der Waals surface area contributed by atoms with E-state index in [0.29, 0.717) is 30.4 Å². The van der Waals surface area contributed by atoms with E-state index in [1.807, 2.05) is 26.0 Å². The van der Waals surface area contributed by atoms with Crippen LogP contribution < -0.4 is 20.1 Å². The fourth-order valence-electron chi connectivity index (χ4n) is 2.39. The minimum atomic E-state index is -2.90. The van der Waals surface area contributed by atoms with Gasteiger partial charge in [0.25, 0.3) is 0 Å². The molecule has 0 bridgehead atoms. The first-order valence-corrected chi connectivity index (χ1v) is 8.57. The molecule has 0 unspecified atom stereocenters. The topological polar surface area (TPSA) is 67.8 Å². The Kier molecular flexibility index (Phi) is 10.5. The summed E-state index contributed by atoms with van der Waals surface area (Å²) in [6.45, 7) is 2.33. The van der Waals surface area contributed by atoms with E-state index in [2.05, 4.69) is 25.3 Å². The van der Waals surface area contributed by atoms with Crippen LogP contribution in [0.15, 0.2) is 41.5 Å². The van der Waals surface area contributed by atoms with Crippen molar-refractivity contribution in [3.05, 3.63) is 53.3 Å². The summed E-state index contributed by atoms with van der Waals surface area (Å²) in [5.74, 6) is 1.17. The number of methoxy groups -OCH3 is 1. The molecule has 0 fully saturated rings. The monoisotopic (exact) mass is 506 g/mol. The lowest BCUT2D eigenvalue weighted by Crippen LogP contribution is -2.37. The van der Waals surface area contributed by atoms with E-state index in [1.54, 1.807) is 18.3 Å². The number of hydrogen-bond donors (Lipinski definition) is 2. The van der Waals surface area contributed by atoms with Gasteiger partial charge in [0.1, 0.15) is 11.5 Å². The SMILES string of the molecule is CCNC(=NCc1cc(OC)ccc1OC(F)F)NCc1ncccc1C.I. The highest BCUT2D eigenvalue weighted by molar-refractivity contribution is 14.0. The summed E-state index contributed by atoms with van der Waals surface area (Å²) in [7, 11) is 1.51. The summed E-state index contributed by atoms with van der Waals surface area (Å²) in [5.41, 5.74) is 2.48. The van der Waals surface area contributed by atoms with Crippen LogP contribution in [0.1, 0.15) is 23.7 Å². The number of aromatic nitrogens is 1. The Morgan fingerprint density at radius 3 is 2.68 bits per heavy atom. The number of alkyl halides is 2. The van der Waals surface area contributed by atoms with Gasteiger partial charge in [-0.3, -0.25) is 4.98 Å². The Bertz CT molecular complexity index is 775. The van der Waals surface area contributed by atoms with Crippen molar-refractivity contribution in [1.82, 2.24) is 15.6 Å². The van der Waals surface area contributed by atoms with Gasteiger partial charge in [-0.15, -0.1) is 24.0 Å². The van der Waals surface area contributed by atoms with E-state index in [4.69, 9.17) is 4.74 Å². The summed E-state index contributed by atoms with van der Waals surface area (Å²) in [6, 6.07) is 8.52. The Morgan fingerprint density at radius 1 is 1.25 bits per heavy atom. The Hall–Kier alpha value is -2.17. The van der Waals surface area contributed by atoms with Gasteiger partial charge in [0.2, 0.25) is 0 Å². The van der Waals surface area contributed by atoms with Crippen LogP contribution in [0.25, 0.3) is 0 Å². The molecule has 0 saturated heterocycles. The quantitative estimate of drug-likeness (QED) is 0.323. The predicted octanol–water partition coefficient (Wildman–Crippen LogP) is 3.87. The number of halogens is 3. The molecule has 0 aliphatic heterocycles. The maximum atomic E-state index is 12.6. The average Bonchev–Trinajstić information content (AvgIpc) is 2.65. The minimum Gasteiger partial charge on any atom is -0.497 e. The molecular formula is C19H25F2IN4O2. The van der Waals surface area contributed by atoms with Gasteiger partial charge in [-0.2, -0.15) is 8.78 Å². The van der Waals surface area contributed by atoms with Gasteiger partial charge in [-0.05, 0) is 43.7 Å². The number of hydrogen-bond acceptors (Lipinski definition) is 4. The van der Waals surface area contributed by atoms with Crippen LogP contribution >= 0.6 is 24.0 Å². The van der Waals surface area contributed by atoms with Crippen molar-refractivity contribution < 1.29 is 18.3 Å². The molecule has 0 amide bonds. The van der Waals surface area contributed by atoms with Crippen molar-refractivity contribution in [2.45, 2.75) is 33.5 Å². The van der Waals surface area contributed by atoms with E-state index >= 15 is 0 Å². The van der Waals surface area contributed by atoms with Crippen LogP contribution in [0.3, 0.4) is 0 Å². The third-order valence-electron chi connectivity index (χ3n) is 3.78. The van der Waals surface area contributed by atoms with Crippen LogP contribution in [0, 0.1) is 6.92 Å². The molecule has 2 N–H and O–H groups in total. The number of guanidine groups is 1. The summed E-state index contributed by atoms with van der Waals surface area (Å²) in [5, 5.41) is 6.32. The van der Waals surface area contributed by atoms with Crippen molar-refractivity contribution >= 4 is 29.9 Å². The largest absolute Gasteiger partial charge is 0.497 e. The number of nitrogens with zero attached hydrogens (tertiary/aromatic N) is 2. The maximum absolute atomic E-state index is 12.6. The lowest BCUT2D eigenvalue weighted by molar-refractivity contribution is -0.0504. The van der Waals surface area contributed by atoms with Crippen LogP contribution in [0.4, 0.5) is 8.78 Å². The number of rotatable bonds is 8. The standard InChI is InChI=1S/C19H24F2N4O2.HI/c1-4-22-19(25-12-16-13(2)6-5-9-23-16)24-11-14-10-15(26-3)7-8-17(14)27-18(20)21;/h5-10,18H,4,11-12H2,1-3H3,(H2,22,24,25);1H. The lowest BCUT2D eigenvalue weighted by atomic mass is 10.2. The number of nitrogens with one attached hydrogen (secondary N) is 2. The van der Waals surface area contributed by atoms with Gasteiger partial charge in [-0.1, -0.05) is 6.07 Å². The highest BCUT2D eigenvalue weighted by atomic mass is 127. The Labute approximate surface area is 180 Å². The molecule has 1 aromatic carbocycles. The molecule has 154 valence electrons. The molecule has 0 radical (unpaired) electrons. The Morgan fingerprint density at radius 2 is 2.04 bits per heavy atom. The van der Waals surface area contributed by atoms with Gasteiger partial charge in [0, 0.05) is 18.3 Å². The van der Waals surface area contributed by atoms with Crippen molar-refractivity contribution in [3.8, 4) is 11.5 Å². The molecular weight excluding hydrogens is 481 g/mol. The maximum Gasteiger partial charge on any atom is 0.387 e. The number of aryl methyl sites for hydroxylation is 1. The van der Waals surface area contributed by atoms with Gasteiger partial charge >= 0.3 is 6.61 Å². The smallest absolute Gasteiger partial charge is 0.387 e. The van der Waals surface area contributed by atoms with E-state index in [9.17, 15) is 8.78 Å². The summed E-state index contributed by atoms with van der Waals surface area (Å²) < 4.78 is 35.0. The van der Waals surface area contributed by atoms with E-state index in [0.717, 1.165) is 11.3 Å². The van der Waals surface area contributed by atoms with Crippen molar-refractivity contribution in [3.63, 3.8) is 0 Å². The molecule has 0 spiro atoms. The number of ether oxygens (including phenoxy) is 2. The first kappa shape index (κ1) is 23.9. The van der Waals surface area contributed by atoms with Crippen molar-refractivity contribution in [2.24, 2.45) is 4.99 Å². The van der Waals surface area contributed by atoms with E-state index in [1.165, 1.54) is 13.2 Å². The van der Waals surface area contributed by atoms with Crippen LogP contribution in [0.2, 0.25) is 0 Å². The molecule has 1 aromatic heterocycles. The molecule has 0 aliphatic rings. The molecule has 2 aromatic rings. The van der Waals surface area contributed by atoms with Crippen LogP contribution in [-0.2, 0) is 13.1 Å². The minimum absolute atomic E-state index is 0. The fourth-order valence-corrected chi connectivity index (χ4v) is 2.39. The fraction of sp³-hybridized carbons (Fsp3) is 0.368. The first-order valence-electron chi connectivity index (χ1n) is 8.57.